The molecule has 102 valence electrons. The topological polar surface area (TPSA) is 57.6 Å². The number of Topliss-reactive ketones (excluding diaryl/α,β-unsaturated/α-hetero) is 1. The Morgan fingerprint density at radius 3 is 2.63 bits per heavy atom. The van der Waals surface area contributed by atoms with Crippen LogP contribution in [0.2, 0.25) is 0 Å². The van der Waals surface area contributed by atoms with Crippen molar-refractivity contribution in [2.45, 2.75) is 32.2 Å². The van der Waals surface area contributed by atoms with Crippen LogP contribution in [-0.2, 0) is 11.2 Å². The highest BCUT2D eigenvalue weighted by Crippen LogP contribution is 2.18. The standard InChI is InChI=1S/C15H19NO3/c1-11(18)13-4-2-12(3-5-13)8-9-16-14(10-17)6-7-15(16)19/h2-5,14,17H,6-10H2,1H3/t14-/m1/s1. The lowest BCUT2D eigenvalue weighted by atomic mass is 10.1. The van der Waals surface area contributed by atoms with Crippen LogP contribution in [0, 0.1) is 0 Å². The van der Waals surface area contributed by atoms with Crippen molar-refractivity contribution in [3.8, 4) is 0 Å². The van der Waals surface area contributed by atoms with Gasteiger partial charge in [-0.1, -0.05) is 24.3 Å². The van der Waals surface area contributed by atoms with Crippen LogP contribution in [0.1, 0.15) is 35.7 Å². The molecule has 4 heteroatoms. The number of rotatable bonds is 5. The molecule has 0 aromatic heterocycles. The third kappa shape index (κ3) is 3.20. The first kappa shape index (κ1) is 13.7. The first-order chi connectivity index (χ1) is 9.11. The summed E-state index contributed by atoms with van der Waals surface area (Å²) in [6.07, 6.45) is 2.04. The lowest BCUT2D eigenvalue weighted by Crippen LogP contribution is -2.36. The highest BCUT2D eigenvalue weighted by molar-refractivity contribution is 5.94. The van der Waals surface area contributed by atoms with Crippen LogP contribution in [0.3, 0.4) is 0 Å². The summed E-state index contributed by atoms with van der Waals surface area (Å²) in [6, 6.07) is 7.44. The highest BCUT2D eigenvalue weighted by atomic mass is 16.3. The number of hydrogen-bond acceptors (Lipinski definition) is 3. The molecule has 0 aliphatic carbocycles. The van der Waals surface area contributed by atoms with E-state index in [-0.39, 0.29) is 24.3 Å². The molecule has 2 rings (SSSR count). The maximum absolute atomic E-state index is 11.7. The number of carbonyl (C=O) groups excluding carboxylic acids is 2. The molecule has 1 saturated heterocycles. The quantitative estimate of drug-likeness (QED) is 0.815. The lowest BCUT2D eigenvalue weighted by Gasteiger charge is -2.23. The van der Waals surface area contributed by atoms with Crippen molar-refractivity contribution in [1.29, 1.82) is 0 Å². The third-order valence-corrected chi connectivity index (χ3v) is 3.67. The van der Waals surface area contributed by atoms with E-state index in [1.807, 2.05) is 24.3 Å². The van der Waals surface area contributed by atoms with E-state index >= 15 is 0 Å². The molecule has 1 N–H and O–H groups in total. The van der Waals surface area contributed by atoms with E-state index < -0.39 is 0 Å². The van der Waals surface area contributed by atoms with Gasteiger partial charge >= 0.3 is 0 Å². The second-order valence-electron chi connectivity index (χ2n) is 4.97. The number of amides is 1. The second kappa shape index (κ2) is 5.97. The van der Waals surface area contributed by atoms with Crippen molar-refractivity contribution in [2.24, 2.45) is 0 Å². The fraction of sp³-hybridized carbons (Fsp3) is 0.467. The molecule has 0 bridgehead atoms. The third-order valence-electron chi connectivity index (χ3n) is 3.67. The summed E-state index contributed by atoms with van der Waals surface area (Å²) >= 11 is 0. The first-order valence-corrected chi connectivity index (χ1v) is 6.62. The minimum atomic E-state index is -0.0241. The van der Waals surface area contributed by atoms with Crippen molar-refractivity contribution in [3.63, 3.8) is 0 Å². The van der Waals surface area contributed by atoms with Gasteiger partial charge in [0.1, 0.15) is 0 Å². The Hall–Kier alpha value is -1.68. The Bertz CT molecular complexity index is 467. The predicted molar refractivity (Wildman–Crippen MR) is 72.0 cm³/mol. The molecule has 0 spiro atoms. The molecular weight excluding hydrogens is 242 g/mol. The van der Waals surface area contributed by atoms with E-state index in [9.17, 15) is 14.7 Å². The summed E-state index contributed by atoms with van der Waals surface area (Å²) in [6.45, 7) is 2.21. The van der Waals surface area contributed by atoms with E-state index in [1.54, 1.807) is 11.8 Å². The molecule has 4 nitrogen and oxygen atoms in total. The van der Waals surface area contributed by atoms with Crippen LogP contribution in [0.25, 0.3) is 0 Å². The van der Waals surface area contributed by atoms with Crippen LogP contribution in [0.5, 0.6) is 0 Å². The summed E-state index contributed by atoms with van der Waals surface area (Å²) < 4.78 is 0. The molecule has 0 unspecified atom stereocenters. The van der Waals surface area contributed by atoms with Gasteiger partial charge in [0, 0.05) is 18.5 Å². The Balaban J connectivity index is 1.94. The van der Waals surface area contributed by atoms with Gasteiger partial charge < -0.3 is 10.0 Å². The molecule has 0 radical (unpaired) electrons. The van der Waals surface area contributed by atoms with Gasteiger partial charge in [-0.15, -0.1) is 0 Å². The maximum atomic E-state index is 11.7. The minimum absolute atomic E-state index is 0.0241. The number of likely N-dealkylation sites (tertiary alicyclic amines) is 1. The van der Waals surface area contributed by atoms with Crippen LogP contribution < -0.4 is 0 Å². The fourth-order valence-electron chi connectivity index (χ4n) is 2.45. The SMILES string of the molecule is CC(=O)c1ccc(CCN2C(=O)CC[C@@H]2CO)cc1. The van der Waals surface area contributed by atoms with E-state index in [1.165, 1.54) is 0 Å². The summed E-state index contributed by atoms with van der Waals surface area (Å²) in [5.74, 6) is 0.182. The van der Waals surface area contributed by atoms with Crippen molar-refractivity contribution < 1.29 is 14.7 Å². The molecule has 1 heterocycles. The van der Waals surface area contributed by atoms with Crippen molar-refractivity contribution in [2.75, 3.05) is 13.2 Å². The molecule has 0 saturated carbocycles. The van der Waals surface area contributed by atoms with Gasteiger partial charge in [-0.3, -0.25) is 9.59 Å². The van der Waals surface area contributed by atoms with Gasteiger partial charge in [-0.2, -0.15) is 0 Å². The fourth-order valence-corrected chi connectivity index (χ4v) is 2.45. The Morgan fingerprint density at radius 2 is 2.05 bits per heavy atom. The van der Waals surface area contributed by atoms with Crippen molar-refractivity contribution in [3.05, 3.63) is 35.4 Å². The maximum Gasteiger partial charge on any atom is 0.222 e. The summed E-state index contributed by atoms with van der Waals surface area (Å²) in [4.78, 5) is 24.6. The first-order valence-electron chi connectivity index (χ1n) is 6.62. The monoisotopic (exact) mass is 261 g/mol. The summed E-state index contributed by atoms with van der Waals surface area (Å²) in [5.41, 5.74) is 1.80. The molecule has 1 aromatic carbocycles. The lowest BCUT2D eigenvalue weighted by molar-refractivity contribution is -0.129. The van der Waals surface area contributed by atoms with Crippen molar-refractivity contribution in [1.82, 2.24) is 4.90 Å². The predicted octanol–water partition coefficient (Wildman–Crippen LogP) is 1.42. The summed E-state index contributed by atoms with van der Waals surface area (Å²) in [5, 5.41) is 9.22. The molecular formula is C15H19NO3. The Kier molecular flexibility index (Phi) is 4.32. The Labute approximate surface area is 113 Å². The van der Waals surface area contributed by atoms with Gasteiger partial charge in [0.15, 0.2) is 5.78 Å². The zero-order valence-corrected chi connectivity index (χ0v) is 11.1. The molecule has 1 atom stereocenters. The zero-order valence-electron chi connectivity index (χ0n) is 11.1. The molecule has 1 amide bonds. The molecule has 1 aromatic rings. The molecule has 1 aliphatic heterocycles. The molecule has 1 fully saturated rings. The largest absolute Gasteiger partial charge is 0.394 e. The van der Waals surface area contributed by atoms with Crippen LogP contribution in [0.4, 0.5) is 0 Å². The molecule has 19 heavy (non-hydrogen) atoms. The number of carbonyl (C=O) groups is 2. The van der Waals surface area contributed by atoms with Gasteiger partial charge in [0.2, 0.25) is 5.91 Å². The van der Waals surface area contributed by atoms with E-state index in [2.05, 4.69) is 0 Å². The van der Waals surface area contributed by atoms with Crippen molar-refractivity contribution >= 4 is 11.7 Å². The van der Waals surface area contributed by atoms with Crippen LogP contribution in [0.15, 0.2) is 24.3 Å². The smallest absolute Gasteiger partial charge is 0.222 e. The number of nitrogens with zero attached hydrogens (tertiary/aromatic N) is 1. The number of aliphatic hydroxyl groups is 1. The highest BCUT2D eigenvalue weighted by Gasteiger charge is 2.29. The van der Waals surface area contributed by atoms with Gasteiger partial charge in [0.05, 0.1) is 12.6 Å². The minimum Gasteiger partial charge on any atom is -0.394 e. The number of ketones is 1. The van der Waals surface area contributed by atoms with E-state index in [0.717, 1.165) is 18.4 Å². The van der Waals surface area contributed by atoms with Gasteiger partial charge in [0.25, 0.3) is 0 Å². The number of benzene rings is 1. The number of hydrogen-bond donors (Lipinski definition) is 1. The molecule has 1 aliphatic rings. The zero-order chi connectivity index (χ0) is 13.8. The summed E-state index contributed by atoms with van der Waals surface area (Å²) in [7, 11) is 0. The second-order valence-corrected chi connectivity index (χ2v) is 4.97. The van der Waals surface area contributed by atoms with E-state index in [0.29, 0.717) is 18.5 Å². The van der Waals surface area contributed by atoms with Gasteiger partial charge in [-0.25, -0.2) is 0 Å². The average Bonchev–Trinajstić information content (AvgIpc) is 2.77. The normalized spacial score (nSPS) is 18.9. The van der Waals surface area contributed by atoms with E-state index in [4.69, 9.17) is 0 Å². The van der Waals surface area contributed by atoms with Crippen LogP contribution in [-0.4, -0.2) is 40.9 Å². The average molecular weight is 261 g/mol. The van der Waals surface area contributed by atoms with Gasteiger partial charge in [-0.05, 0) is 25.3 Å². The van der Waals surface area contributed by atoms with Crippen LogP contribution >= 0.6 is 0 Å². The number of aliphatic hydroxyl groups excluding tert-OH is 1. The Morgan fingerprint density at radius 1 is 1.37 bits per heavy atom.